The highest BCUT2D eigenvalue weighted by Gasteiger charge is 2.38. The Morgan fingerprint density at radius 1 is 1.12 bits per heavy atom. The summed E-state index contributed by atoms with van der Waals surface area (Å²) in [5, 5.41) is 1.51. The third-order valence-corrected chi connectivity index (χ3v) is 10.5. The number of nitrogens with one attached hydrogen (secondary N) is 2. The molecule has 1 saturated heterocycles. The summed E-state index contributed by atoms with van der Waals surface area (Å²) >= 11 is 12.6. The number of amides is 2. The second-order valence-corrected chi connectivity index (χ2v) is 15.7. The molecule has 1 aromatic heterocycles. The van der Waals surface area contributed by atoms with Gasteiger partial charge in [-0.2, -0.15) is 13.2 Å². The van der Waals surface area contributed by atoms with Crippen molar-refractivity contribution in [2.24, 2.45) is 0 Å². The number of carbonyl (C=O) groups is 2. The van der Waals surface area contributed by atoms with Crippen LogP contribution in [-0.4, -0.2) is 83.8 Å². The molecule has 1 atom stereocenters. The van der Waals surface area contributed by atoms with E-state index in [4.69, 9.17) is 27.9 Å². The van der Waals surface area contributed by atoms with Crippen molar-refractivity contribution in [1.82, 2.24) is 24.7 Å². The molecule has 0 saturated carbocycles. The van der Waals surface area contributed by atoms with E-state index >= 15 is 0 Å². The van der Waals surface area contributed by atoms with Gasteiger partial charge in [0.15, 0.2) is 9.84 Å². The van der Waals surface area contributed by atoms with E-state index in [-0.39, 0.29) is 58.0 Å². The Morgan fingerprint density at radius 3 is 2.41 bits per heavy atom. The standard InChI is InChI=1S/C31H36Cl2F3N5O7S/c1-6-49(46,47)23-8-7-18(32)11-17(23)14-41-27(43)20-12-22(31(34,35)36)21(25(33)26(20)38-28(41)44)16-40-10-9-19(15-40)39(5)24(42)13-37-29(45)48-30(2,3)4/h7-8,11-12,19H,6,9-10,13-16H2,1-5H3,(H,37,45)(H,38,44). The van der Waals surface area contributed by atoms with Gasteiger partial charge in [0.25, 0.3) is 5.56 Å². The summed E-state index contributed by atoms with van der Waals surface area (Å²) in [5.74, 6) is -0.711. The number of fused-ring (bicyclic) bond motifs is 1. The number of carbonyl (C=O) groups excluding carboxylic acids is 2. The fourth-order valence-corrected chi connectivity index (χ4v) is 7.15. The zero-order valence-electron chi connectivity index (χ0n) is 27.3. The number of alkyl halides is 3. The first kappa shape index (κ1) is 38.2. The van der Waals surface area contributed by atoms with Gasteiger partial charge in [-0.05, 0) is 62.6 Å². The molecule has 4 rings (SSSR count). The van der Waals surface area contributed by atoms with Crippen LogP contribution < -0.4 is 16.6 Å². The average molecular weight is 751 g/mol. The molecule has 2 heterocycles. The summed E-state index contributed by atoms with van der Waals surface area (Å²) < 4.78 is 74.5. The summed E-state index contributed by atoms with van der Waals surface area (Å²) in [5.41, 5.74) is -4.75. The van der Waals surface area contributed by atoms with Gasteiger partial charge in [0, 0.05) is 37.7 Å². The van der Waals surface area contributed by atoms with Crippen molar-refractivity contribution in [2.45, 2.75) is 69.9 Å². The van der Waals surface area contributed by atoms with Crippen LogP contribution in [0.15, 0.2) is 38.8 Å². The van der Waals surface area contributed by atoms with Crippen LogP contribution in [0.3, 0.4) is 0 Å². The summed E-state index contributed by atoms with van der Waals surface area (Å²) in [7, 11) is -2.29. The molecule has 18 heteroatoms. The van der Waals surface area contributed by atoms with E-state index in [9.17, 15) is 40.8 Å². The van der Waals surface area contributed by atoms with Crippen LogP contribution in [0.5, 0.6) is 0 Å². The number of likely N-dealkylation sites (N-methyl/N-ethyl adjacent to an activating group) is 1. The molecule has 1 aliphatic rings. The molecule has 2 aromatic carbocycles. The van der Waals surface area contributed by atoms with Crippen molar-refractivity contribution in [3.63, 3.8) is 0 Å². The molecule has 3 aromatic rings. The second-order valence-electron chi connectivity index (χ2n) is 12.7. The Bertz CT molecular complexity index is 2010. The lowest BCUT2D eigenvalue weighted by Crippen LogP contribution is -2.45. The minimum absolute atomic E-state index is 0.00715. The first-order valence-corrected chi connectivity index (χ1v) is 17.5. The Labute approximate surface area is 290 Å². The lowest BCUT2D eigenvalue weighted by molar-refractivity contribution is -0.138. The van der Waals surface area contributed by atoms with Crippen molar-refractivity contribution in [1.29, 1.82) is 0 Å². The average Bonchev–Trinajstić information content (AvgIpc) is 3.46. The number of nitrogens with zero attached hydrogens (tertiary/aromatic N) is 3. The molecular weight excluding hydrogens is 714 g/mol. The number of aromatic amines is 1. The topological polar surface area (TPSA) is 151 Å². The molecule has 268 valence electrons. The zero-order valence-corrected chi connectivity index (χ0v) is 29.7. The highest BCUT2D eigenvalue weighted by molar-refractivity contribution is 7.91. The lowest BCUT2D eigenvalue weighted by Gasteiger charge is -2.26. The minimum atomic E-state index is -4.95. The number of likely N-dealkylation sites (tertiary alicyclic amines) is 1. The van der Waals surface area contributed by atoms with Gasteiger partial charge in [-0.3, -0.25) is 19.1 Å². The van der Waals surface area contributed by atoms with Crippen molar-refractivity contribution in [2.75, 3.05) is 32.4 Å². The van der Waals surface area contributed by atoms with E-state index in [1.54, 1.807) is 25.7 Å². The van der Waals surface area contributed by atoms with E-state index in [1.807, 2.05) is 0 Å². The molecule has 0 spiro atoms. The highest BCUT2D eigenvalue weighted by atomic mass is 35.5. The SMILES string of the molecule is CCS(=O)(=O)c1ccc(Cl)cc1Cn1c(=O)[nH]c2c(Cl)c(CN3CCC(N(C)C(=O)CNC(=O)OC(C)(C)C)C3)c(C(F)(F)F)cc2c1=O. The largest absolute Gasteiger partial charge is 0.444 e. The number of rotatable bonds is 9. The number of halogens is 5. The van der Waals surface area contributed by atoms with E-state index in [2.05, 4.69) is 10.3 Å². The highest BCUT2D eigenvalue weighted by Crippen LogP contribution is 2.39. The van der Waals surface area contributed by atoms with Gasteiger partial charge >= 0.3 is 18.0 Å². The fraction of sp³-hybridized carbons (Fsp3) is 0.484. The number of sulfone groups is 1. The first-order chi connectivity index (χ1) is 22.6. The molecule has 1 unspecified atom stereocenters. The number of aromatic nitrogens is 2. The summed E-state index contributed by atoms with van der Waals surface area (Å²) in [6, 6.07) is 4.07. The maximum Gasteiger partial charge on any atom is 0.416 e. The monoisotopic (exact) mass is 749 g/mol. The molecule has 0 bridgehead atoms. The van der Waals surface area contributed by atoms with Gasteiger partial charge in [-0.15, -0.1) is 0 Å². The molecule has 2 amide bonds. The fourth-order valence-electron chi connectivity index (χ4n) is 5.53. The maximum absolute atomic E-state index is 14.5. The smallest absolute Gasteiger partial charge is 0.416 e. The summed E-state index contributed by atoms with van der Waals surface area (Å²) in [6.45, 7) is 5.68. The maximum atomic E-state index is 14.5. The number of hydrogen-bond acceptors (Lipinski definition) is 8. The Hall–Kier alpha value is -3.60. The quantitative estimate of drug-likeness (QED) is 0.327. The van der Waals surface area contributed by atoms with Gasteiger partial charge in [0.2, 0.25) is 5.91 Å². The van der Waals surface area contributed by atoms with Crippen molar-refractivity contribution < 1.29 is 35.9 Å². The van der Waals surface area contributed by atoms with Gasteiger partial charge in [0.05, 0.1) is 38.7 Å². The third-order valence-electron chi connectivity index (χ3n) is 8.04. The summed E-state index contributed by atoms with van der Waals surface area (Å²) in [4.78, 5) is 56.7. The van der Waals surface area contributed by atoms with Crippen LogP contribution >= 0.6 is 23.2 Å². The normalized spacial score (nSPS) is 15.8. The zero-order chi connectivity index (χ0) is 36.6. The van der Waals surface area contributed by atoms with E-state index < -0.39 is 67.4 Å². The number of alkyl carbamates (subject to hydrolysis) is 1. The molecule has 1 aliphatic heterocycles. The predicted molar refractivity (Wildman–Crippen MR) is 178 cm³/mol. The molecule has 1 fully saturated rings. The molecule has 2 N–H and O–H groups in total. The van der Waals surface area contributed by atoms with Crippen LogP contribution in [0.2, 0.25) is 10.0 Å². The van der Waals surface area contributed by atoms with Crippen LogP contribution in [0.4, 0.5) is 18.0 Å². The van der Waals surface area contributed by atoms with Crippen molar-refractivity contribution in [3.05, 3.63) is 71.8 Å². The number of ether oxygens (including phenoxy) is 1. The molecular formula is C31H36Cl2F3N5O7S. The van der Waals surface area contributed by atoms with Gasteiger partial charge < -0.3 is 19.9 Å². The van der Waals surface area contributed by atoms with Crippen molar-refractivity contribution in [3.8, 4) is 0 Å². The molecule has 49 heavy (non-hydrogen) atoms. The molecule has 0 radical (unpaired) electrons. The Kier molecular flexibility index (Phi) is 11.2. The number of hydrogen-bond donors (Lipinski definition) is 2. The van der Waals surface area contributed by atoms with Crippen LogP contribution in [0.25, 0.3) is 10.9 Å². The second kappa shape index (κ2) is 14.3. The first-order valence-electron chi connectivity index (χ1n) is 15.1. The van der Waals surface area contributed by atoms with Crippen LogP contribution in [0, 0.1) is 0 Å². The van der Waals surface area contributed by atoms with Crippen molar-refractivity contribution >= 4 is 55.9 Å². The molecule has 0 aliphatic carbocycles. The van der Waals surface area contributed by atoms with E-state index in [1.165, 1.54) is 37.1 Å². The Balaban J connectivity index is 1.63. The Morgan fingerprint density at radius 2 is 1.80 bits per heavy atom. The van der Waals surface area contributed by atoms with Gasteiger partial charge in [-0.25, -0.2) is 18.0 Å². The number of benzene rings is 2. The van der Waals surface area contributed by atoms with Crippen LogP contribution in [-0.2, 0) is 38.6 Å². The molecule has 12 nitrogen and oxygen atoms in total. The van der Waals surface area contributed by atoms with Gasteiger partial charge in [-0.1, -0.05) is 30.1 Å². The van der Waals surface area contributed by atoms with E-state index in [0.717, 1.165) is 0 Å². The lowest BCUT2D eigenvalue weighted by atomic mass is 10.0. The minimum Gasteiger partial charge on any atom is -0.444 e. The summed E-state index contributed by atoms with van der Waals surface area (Å²) in [6.07, 6.45) is -5.30. The third kappa shape index (κ3) is 8.77. The van der Waals surface area contributed by atoms with E-state index in [0.29, 0.717) is 23.6 Å². The predicted octanol–water partition coefficient (Wildman–Crippen LogP) is 4.41. The number of H-pyrrole nitrogens is 1. The van der Waals surface area contributed by atoms with Crippen LogP contribution in [0.1, 0.15) is 50.8 Å². The van der Waals surface area contributed by atoms with Gasteiger partial charge in [0.1, 0.15) is 12.1 Å².